The van der Waals surface area contributed by atoms with Gasteiger partial charge in [0.25, 0.3) is 0 Å². The van der Waals surface area contributed by atoms with Gasteiger partial charge in [-0.1, -0.05) is 12.1 Å². The largest absolute Gasteiger partial charge is 0.399 e. The van der Waals surface area contributed by atoms with E-state index in [1.54, 1.807) is 0 Å². The van der Waals surface area contributed by atoms with Crippen LogP contribution in [0.25, 0.3) is 0 Å². The van der Waals surface area contributed by atoms with Crippen LogP contribution >= 0.6 is 0 Å². The molecule has 1 aromatic rings. The highest BCUT2D eigenvalue weighted by atomic mass is 16.5. The Kier molecular flexibility index (Phi) is 5.20. The van der Waals surface area contributed by atoms with E-state index < -0.39 is 0 Å². The number of morpholine rings is 1. The van der Waals surface area contributed by atoms with Gasteiger partial charge in [0.2, 0.25) is 5.91 Å². The van der Waals surface area contributed by atoms with Crippen LogP contribution in [0.3, 0.4) is 0 Å². The monoisotopic (exact) mass is 291 g/mol. The van der Waals surface area contributed by atoms with Gasteiger partial charge in [0.1, 0.15) is 0 Å². The van der Waals surface area contributed by atoms with Crippen LogP contribution in [0.1, 0.15) is 19.4 Å². The molecule has 0 atom stereocenters. The fourth-order valence-electron chi connectivity index (χ4n) is 2.55. The maximum absolute atomic E-state index is 12.1. The van der Waals surface area contributed by atoms with Gasteiger partial charge in [-0.25, -0.2) is 0 Å². The van der Waals surface area contributed by atoms with Crippen LogP contribution in [0.2, 0.25) is 0 Å². The van der Waals surface area contributed by atoms with Gasteiger partial charge in [-0.15, -0.1) is 0 Å². The molecule has 0 saturated carbocycles. The van der Waals surface area contributed by atoms with E-state index in [2.05, 4.69) is 24.1 Å². The van der Waals surface area contributed by atoms with Crippen molar-refractivity contribution in [3.63, 3.8) is 0 Å². The third kappa shape index (κ3) is 4.72. The number of nitrogens with zero attached hydrogens (tertiary/aromatic N) is 1. The van der Waals surface area contributed by atoms with Crippen LogP contribution in [0, 0.1) is 0 Å². The second kappa shape index (κ2) is 6.91. The van der Waals surface area contributed by atoms with Gasteiger partial charge in [-0.3, -0.25) is 9.69 Å². The molecule has 1 heterocycles. The number of rotatable bonds is 5. The van der Waals surface area contributed by atoms with Crippen molar-refractivity contribution in [2.45, 2.75) is 25.8 Å². The molecular weight excluding hydrogens is 266 g/mol. The van der Waals surface area contributed by atoms with E-state index in [4.69, 9.17) is 10.5 Å². The van der Waals surface area contributed by atoms with E-state index in [0.29, 0.717) is 18.7 Å². The summed E-state index contributed by atoms with van der Waals surface area (Å²) in [6.07, 6.45) is 0.365. The summed E-state index contributed by atoms with van der Waals surface area (Å²) < 4.78 is 5.37. The van der Waals surface area contributed by atoms with Crippen molar-refractivity contribution in [1.29, 1.82) is 0 Å². The minimum atomic E-state index is -0.0604. The second-order valence-corrected chi connectivity index (χ2v) is 6.11. The highest BCUT2D eigenvalue weighted by molar-refractivity contribution is 5.78. The normalized spacial score (nSPS) is 16.7. The molecule has 1 saturated heterocycles. The molecule has 0 aliphatic carbocycles. The molecule has 2 rings (SSSR count). The Labute approximate surface area is 126 Å². The molecule has 0 bridgehead atoms. The number of anilines is 1. The molecule has 0 radical (unpaired) electrons. The van der Waals surface area contributed by atoms with E-state index >= 15 is 0 Å². The van der Waals surface area contributed by atoms with Gasteiger partial charge >= 0.3 is 0 Å². The first kappa shape index (κ1) is 15.8. The molecule has 0 spiro atoms. The summed E-state index contributed by atoms with van der Waals surface area (Å²) in [6, 6.07) is 7.45. The number of hydrogen-bond acceptors (Lipinski definition) is 4. The number of nitrogens with one attached hydrogen (secondary N) is 1. The van der Waals surface area contributed by atoms with E-state index in [1.807, 2.05) is 24.3 Å². The number of carbonyl (C=O) groups is 1. The molecule has 1 aliphatic heterocycles. The first-order chi connectivity index (χ1) is 9.97. The Morgan fingerprint density at radius 3 is 2.76 bits per heavy atom. The Bertz CT molecular complexity index is 482. The first-order valence-electron chi connectivity index (χ1n) is 7.41. The van der Waals surface area contributed by atoms with E-state index in [-0.39, 0.29) is 11.4 Å². The van der Waals surface area contributed by atoms with Crippen molar-refractivity contribution >= 4 is 11.6 Å². The van der Waals surface area contributed by atoms with E-state index in [1.165, 1.54) is 0 Å². The van der Waals surface area contributed by atoms with Crippen molar-refractivity contribution in [1.82, 2.24) is 10.2 Å². The Morgan fingerprint density at radius 2 is 2.10 bits per heavy atom. The number of hydrogen-bond donors (Lipinski definition) is 2. The minimum absolute atomic E-state index is 0.0296. The lowest BCUT2D eigenvalue weighted by molar-refractivity contribution is -0.121. The van der Waals surface area contributed by atoms with Crippen LogP contribution < -0.4 is 11.1 Å². The summed E-state index contributed by atoms with van der Waals surface area (Å²) in [7, 11) is 0. The summed E-state index contributed by atoms with van der Waals surface area (Å²) in [5, 5.41) is 3.03. The summed E-state index contributed by atoms with van der Waals surface area (Å²) in [4.78, 5) is 14.4. The average Bonchev–Trinajstić information content (AvgIpc) is 2.46. The van der Waals surface area contributed by atoms with Crippen LogP contribution in [0.5, 0.6) is 0 Å². The van der Waals surface area contributed by atoms with Gasteiger partial charge in [-0.2, -0.15) is 0 Å². The Hall–Kier alpha value is -1.59. The second-order valence-electron chi connectivity index (χ2n) is 6.11. The van der Waals surface area contributed by atoms with Gasteiger partial charge in [0.15, 0.2) is 0 Å². The highest BCUT2D eigenvalue weighted by Crippen LogP contribution is 2.15. The molecule has 21 heavy (non-hydrogen) atoms. The number of benzene rings is 1. The number of amides is 1. The standard InChI is InChI=1S/C16H25N3O2/c1-16(2,19-6-8-21-9-7-19)12-18-15(20)11-13-4-3-5-14(17)10-13/h3-5,10H,6-9,11-12,17H2,1-2H3,(H,18,20). The van der Waals surface area contributed by atoms with Gasteiger partial charge in [0.05, 0.1) is 19.6 Å². The lowest BCUT2D eigenvalue weighted by Gasteiger charge is -2.40. The quantitative estimate of drug-likeness (QED) is 0.795. The molecule has 0 unspecified atom stereocenters. The Morgan fingerprint density at radius 1 is 1.38 bits per heavy atom. The zero-order valence-corrected chi connectivity index (χ0v) is 12.9. The van der Waals surface area contributed by atoms with E-state index in [0.717, 1.165) is 31.9 Å². The molecule has 0 aromatic heterocycles. The number of nitrogen functional groups attached to an aromatic ring is 1. The van der Waals surface area contributed by atoms with Crippen molar-refractivity contribution in [2.24, 2.45) is 0 Å². The topological polar surface area (TPSA) is 67.6 Å². The number of ether oxygens (including phenoxy) is 1. The zero-order valence-electron chi connectivity index (χ0n) is 12.9. The van der Waals surface area contributed by atoms with Crippen molar-refractivity contribution in [2.75, 3.05) is 38.6 Å². The van der Waals surface area contributed by atoms with Gasteiger partial charge in [-0.05, 0) is 31.5 Å². The predicted octanol–water partition coefficient (Wildman–Crippen LogP) is 1.04. The maximum atomic E-state index is 12.1. The number of nitrogens with two attached hydrogens (primary N) is 1. The SMILES string of the molecule is CC(C)(CNC(=O)Cc1cccc(N)c1)N1CCOCC1. The molecule has 5 nitrogen and oxygen atoms in total. The van der Waals surface area contributed by atoms with Crippen LogP contribution in [-0.2, 0) is 16.0 Å². The summed E-state index contributed by atoms with van der Waals surface area (Å²) >= 11 is 0. The van der Waals surface area contributed by atoms with Crippen LogP contribution in [0.15, 0.2) is 24.3 Å². The molecule has 5 heteroatoms. The van der Waals surface area contributed by atoms with Gasteiger partial charge < -0.3 is 15.8 Å². The van der Waals surface area contributed by atoms with E-state index in [9.17, 15) is 4.79 Å². The van der Waals surface area contributed by atoms with Crippen LogP contribution in [-0.4, -0.2) is 49.2 Å². The molecule has 1 aromatic carbocycles. The summed E-state index contributed by atoms with van der Waals surface area (Å²) in [6.45, 7) is 8.30. The molecule has 1 aliphatic rings. The summed E-state index contributed by atoms with van der Waals surface area (Å²) in [5.41, 5.74) is 7.29. The fourth-order valence-corrected chi connectivity index (χ4v) is 2.55. The van der Waals surface area contributed by atoms with Crippen LogP contribution in [0.4, 0.5) is 5.69 Å². The average molecular weight is 291 g/mol. The highest BCUT2D eigenvalue weighted by Gasteiger charge is 2.28. The lowest BCUT2D eigenvalue weighted by atomic mass is 10.0. The predicted molar refractivity (Wildman–Crippen MR) is 84.0 cm³/mol. The number of carbonyl (C=O) groups excluding carboxylic acids is 1. The lowest BCUT2D eigenvalue weighted by Crippen LogP contribution is -2.55. The smallest absolute Gasteiger partial charge is 0.224 e. The molecule has 116 valence electrons. The molecule has 1 amide bonds. The fraction of sp³-hybridized carbons (Fsp3) is 0.562. The summed E-state index contributed by atoms with van der Waals surface area (Å²) in [5.74, 6) is 0.0296. The third-order valence-electron chi connectivity index (χ3n) is 3.90. The van der Waals surface area contributed by atoms with Crippen molar-refractivity contribution < 1.29 is 9.53 Å². The van der Waals surface area contributed by atoms with Gasteiger partial charge in [0, 0.05) is 30.9 Å². The zero-order chi connectivity index (χ0) is 15.3. The third-order valence-corrected chi connectivity index (χ3v) is 3.90. The minimum Gasteiger partial charge on any atom is -0.399 e. The maximum Gasteiger partial charge on any atom is 0.224 e. The molecular formula is C16H25N3O2. The Balaban J connectivity index is 1.82. The molecule has 3 N–H and O–H groups in total. The first-order valence-corrected chi connectivity index (χ1v) is 7.41. The van der Waals surface area contributed by atoms with Crippen molar-refractivity contribution in [3.05, 3.63) is 29.8 Å². The molecule has 1 fully saturated rings. The van der Waals surface area contributed by atoms with Crippen molar-refractivity contribution in [3.8, 4) is 0 Å².